The zero-order chi connectivity index (χ0) is 25.8. The number of halogens is 1. The summed E-state index contributed by atoms with van der Waals surface area (Å²) >= 11 is 5.87. The van der Waals surface area contributed by atoms with Crippen molar-refractivity contribution in [2.45, 2.75) is 96.8 Å². The van der Waals surface area contributed by atoms with Crippen molar-refractivity contribution in [2.75, 3.05) is 0 Å². The summed E-state index contributed by atoms with van der Waals surface area (Å²) < 4.78 is 5.50. The molecule has 0 aliphatic rings. The van der Waals surface area contributed by atoms with Gasteiger partial charge in [-0.3, -0.25) is 4.79 Å². The standard InChI is InChI=1S/C30H41ClN2O3/c1-2-3-4-5-6-7-8-9-10-11-12-13-14-19-29(34)33-32-24-26-17-15-16-18-28(26)36-30(35)25-20-22-27(31)23-21-25/h15-18,20-24H,2-14,19H2,1H3,(H,33,34)/b32-24-. The first-order chi connectivity index (χ1) is 17.6. The molecule has 2 aromatic carbocycles. The minimum absolute atomic E-state index is 0.107. The lowest BCUT2D eigenvalue weighted by Gasteiger charge is -2.07. The highest BCUT2D eigenvalue weighted by atomic mass is 35.5. The van der Waals surface area contributed by atoms with E-state index in [9.17, 15) is 9.59 Å². The van der Waals surface area contributed by atoms with Gasteiger partial charge in [0.25, 0.3) is 0 Å². The van der Waals surface area contributed by atoms with Gasteiger partial charge in [0.15, 0.2) is 0 Å². The Morgan fingerprint density at radius 2 is 1.36 bits per heavy atom. The number of carbonyl (C=O) groups is 2. The zero-order valence-electron chi connectivity index (χ0n) is 21.6. The number of nitrogens with zero attached hydrogens (tertiary/aromatic N) is 1. The van der Waals surface area contributed by atoms with Gasteiger partial charge in [-0.1, -0.05) is 108 Å². The molecule has 0 fully saturated rings. The van der Waals surface area contributed by atoms with E-state index >= 15 is 0 Å². The largest absolute Gasteiger partial charge is 0.422 e. The Morgan fingerprint density at radius 3 is 1.97 bits per heavy atom. The van der Waals surface area contributed by atoms with Crippen LogP contribution in [0, 0.1) is 0 Å². The van der Waals surface area contributed by atoms with E-state index in [0.717, 1.165) is 12.8 Å². The molecule has 0 radical (unpaired) electrons. The van der Waals surface area contributed by atoms with Gasteiger partial charge in [0, 0.05) is 17.0 Å². The van der Waals surface area contributed by atoms with Gasteiger partial charge in [0.1, 0.15) is 5.75 Å². The van der Waals surface area contributed by atoms with Crippen molar-refractivity contribution in [1.82, 2.24) is 5.43 Å². The first-order valence-corrected chi connectivity index (χ1v) is 13.9. The fraction of sp³-hybridized carbons (Fsp3) is 0.500. The van der Waals surface area contributed by atoms with Crippen LogP contribution >= 0.6 is 11.6 Å². The van der Waals surface area contributed by atoms with Gasteiger partial charge in [-0.2, -0.15) is 5.10 Å². The van der Waals surface area contributed by atoms with Crippen LogP contribution in [0.25, 0.3) is 0 Å². The third-order valence-electron chi connectivity index (χ3n) is 6.10. The smallest absolute Gasteiger partial charge is 0.343 e. The number of ether oxygens (including phenoxy) is 1. The molecule has 6 heteroatoms. The van der Waals surface area contributed by atoms with Gasteiger partial charge in [-0.05, 0) is 42.8 Å². The molecule has 0 heterocycles. The average molecular weight is 513 g/mol. The van der Waals surface area contributed by atoms with Crippen LogP contribution in [0.5, 0.6) is 5.75 Å². The summed E-state index contributed by atoms with van der Waals surface area (Å²) in [7, 11) is 0. The lowest BCUT2D eigenvalue weighted by atomic mass is 10.0. The van der Waals surface area contributed by atoms with Crippen LogP contribution in [0.2, 0.25) is 5.02 Å². The minimum Gasteiger partial charge on any atom is -0.422 e. The van der Waals surface area contributed by atoms with Crippen LogP contribution in [0.4, 0.5) is 0 Å². The van der Waals surface area contributed by atoms with E-state index in [1.807, 2.05) is 6.07 Å². The number of hydrogen-bond donors (Lipinski definition) is 1. The summed E-state index contributed by atoms with van der Waals surface area (Å²) in [5, 5.41) is 4.59. The Morgan fingerprint density at radius 1 is 0.806 bits per heavy atom. The van der Waals surface area contributed by atoms with Gasteiger partial charge in [0.05, 0.1) is 11.8 Å². The number of hydrazone groups is 1. The van der Waals surface area contributed by atoms with Crippen molar-refractivity contribution in [2.24, 2.45) is 5.10 Å². The molecule has 2 rings (SSSR count). The molecular weight excluding hydrogens is 472 g/mol. The van der Waals surface area contributed by atoms with Crippen molar-refractivity contribution >= 4 is 29.7 Å². The van der Waals surface area contributed by atoms with Crippen LogP contribution in [-0.4, -0.2) is 18.1 Å². The Hall–Kier alpha value is -2.66. The molecule has 0 saturated heterocycles. The van der Waals surface area contributed by atoms with Crippen LogP contribution in [0.1, 0.15) is 113 Å². The zero-order valence-corrected chi connectivity index (χ0v) is 22.4. The van der Waals surface area contributed by atoms with Crippen molar-refractivity contribution in [3.05, 3.63) is 64.7 Å². The van der Waals surface area contributed by atoms with E-state index in [1.54, 1.807) is 42.5 Å². The van der Waals surface area contributed by atoms with Gasteiger partial charge in [-0.25, -0.2) is 10.2 Å². The number of benzene rings is 2. The number of rotatable bonds is 18. The molecule has 36 heavy (non-hydrogen) atoms. The van der Waals surface area contributed by atoms with Gasteiger partial charge < -0.3 is 4.74 Å². The van der Waals surface area contributed by atoms with Crippen LogP contribution in [-0.2, 0) is 4.79 Å². The van der Waals surface area contributed by atoms with E-state index in [1.165, 1.54) is 76.8 Å². The predicted molar refractivity (Wildman–Crippen MR) is 149 cm³/mol. The fourth-order valence-electron chi connectivity index (χ4n) is 3.96. The van der Waals surface area contributed by atoms with E-state index in [2.05, 4.69) is 17.5 Å². The number of unbranched alkanes of at least 4 members (excludes halogenated alkanes) is 12. The van der Waals surface area contributed by atoms with E-state index in [0.29, 0.717) is 28.3 Å². The number of nitrogens with one attached hydrogen (secondary N) is 1. The quantitative estimate of drug-likeness (QED) is 0.0715. The molecule has 0 aliphatic heterocycles. The Labute approximate surface area is 221 Å². The number of esters is 1. The lowest BCUT2D eigenvalue weighted by Crippen LogP contribution is -2.17. The molecule has 0 aliphatic carbocycles. The number of hydrogen-bond acceptors (Lipinski definition) is 4. The summed E-state index contributed by atoms with van der Waals surface area (Å²) in [5.74, 6) is -0.226. The van der Waals surface area contributed by atoms with Crippen molar-refractivity contribution in [3.63, 3.8) is 0 Å². The SMILES string of the molecule is CCCCCCCCCCCCCCCC(=O)N/N=C\c1ccccc1OC(=O)c1ccc(Cl)cc1. The molecule has 0 unspecified atom stereocenters. The lowest BCUT2D eigenvalue weighted by molar-refractivity contribution is -0.121. The van der Waals surface area contributed by atoms with Gasteiger partial charge >= 0.3 is 5.97 Å². The Balaban J connectivity index is 1.58. The summed E-state index contributed by atoms with van der Waals surface area (Å²) in [4.78, 5) is 24.5. The highest BCUT2D eigenvalue weighted by Crippen LogP contribution is 2.19. The summed E-state index contributed by atoms with van der Waals surface area (Å²) in [5.41, 5.74) is 3.57. The van der Waals surface area contributed by atoms with Gasteiger partial charge in [-0.15, -0.1) is 0 Å². The first kappa shape index (κ1) is 29.6. The molecule has 5 nitrogen and oxygen atoms in total. The molecule has 196 valence electrons. The topological polar surface area (TPSA) is 67.8 Å². The molecule has 1 N–H and O–H groups in total. The third-order valence-corrected chi connectivity index (χ3v) is 6.35. The monoisotopic (exact) mass is 512 g/mol. The predicted octanol–water partition coefficient (Wildman–Crippen LogP) is 8.49. The van der Waals surface area contributed by atoms with Crippen LogP contribution in [0.3, 0.4) is 0 Å². The van der Waals surface area contributed by atoms with E-state index in [-0.39, 0.29) is 5.91 Å². The van der Waals surface area contributed by atoms with Crippen molar-refractivity contribution < 1.29 is 14.3 Å². The summed E-state index contributed by atoms with van der Waals surface area (Å²) in [6.45, 7) is 2.26. The third kappa shape index (κ3) is 12.9. The van der Waals surface area contributed by atoms with Crippen molar-refractivity contribution in [3.8, 4) is 5.75 Å². The minimum atomic E-state index is -0.487. The van der Waals surface area contributed by atoms with Crippen molar-refractivity contribution in [1.29, 1.82) is 0 Å². The number of carbonyl (C=O) groups excluding carboxylic acids is 2. The molecular formula is C30H41ClN2O3. The Bertz CT molecular complexity index is 928. The van der Waals surface area contributed by atoms with E-state index in [4.69, 9.17) is 16.3 Å². The number of para-hydroxylation sites is 1. The molecule has 0 aromatic heterocycles. The molecule has 1 amide bonds. The maximum absolute atomic E-state index is 12.4. The van der Waals surface area contributed by atoms with Crippen LogP contribution < -0.4 is 10.2 Å². The molecule has 2 aromatic rings. The second-order valence-corrected chi connectivity index (χ2v) is 9.66. The highest BCUT2D eigenvalue weighted by molar-refractivity contribution is 6.30. The number of amides is 1. The average Bonchev–Trinajstić information content (AvgIpc) is 2.88. The molecule has 0 atom stereocenters. The molecule has 0 spiro atoms. The summed E-state index contributed by atoms with van der Waals surface area (Å²) in [6.07, 6.45) is 18.5. The van der Waals surface area contributed by atoms with Gasteiger partial charge in [0.2, 0.25) is 5.91 Å². The molecule has 0 saturated carbocycles. The summed E-state index contributed by atoms with van der Waals surface area (Å²) in [6, 6.07) is 13.5. The second-order valence-electron chi connectivity index (χ2n) is 9.22. The fourth-order valence-corrected chi connectivity index (χ4v) is 4.08. The maximum atomic E-state index is 12.4. The van der Waals surface area contributed by atoms with E-state index < -0.39 is 5.97 Å². The normalized spacial score (nSPS) is 11.1. The maximum Gasteiger partial charge on any atom is 0.343 e. The van der Waals surface area contributed by atoms with Crippen LogP contribution in [0.15, 0.2) is 53.6 Å². The highest BCUT2D eigenvalue weighted by Gasteiger charge is 2.11. The Kier molecular flexibility index (Phi) is 15.3. The molecule has 0 bridgehead atoms. The first-order valence-electron chi connectivity index (χ1n) is 13.5. The second kappa shape index (κ2) is 18.6.